The summed E-state index contributed by atoms with van der Waals surface area (Å²) in [6, 6.07) is 8.58. The van der Waals surface area contributed by atoms with Gasteiger partial charge in [0.15, 0.2) is 0 Å². The number of fused-ring (bicyclic) bond motifs is 1. The minimum Gasteiger partial charge on any atom is -0.397 e. The molecule has 0 aliphatic rings. The zero-order valence-corrected chi connectivity index (χ0v) is 10.5. The van der Waals surface area contributed by atoms with Gasteiger partial charge in [-0.2, -0.15) is 5.10 Å². The van der Waals surface area contributed by atoms with Crippen molar-refractivity contribution < 1.29 is 0 Å². The maximum atomic E-state index is 5.92. The Kier molecular flexibility index (Phi) is 2.37. The molecule has 92 valence electrons. The summed E-state index contributed by atoms with van der Waals surface area (Å²) < 4.78 is 1.96. The number of rotatable bonds is 2. The van der Waals surface area contributed by atoms with Gasteiger partial charge in [-0.15, -0.1) is 0 Å². The summed E-state index contributed by atoms with van der Waals surface area (Å²) in [4.78, 5) is 3.14. The molecule has 0 unspecified atom stereocenters. The summed E-state index contributed by atoms with van der Waals surface area (Å²) in [6.07, 6.45) is 3.83. The van der Waals surface area contributed by atoms with E-state index in [0.29, 0.717) is 6.04 Å². The van der Waals surface area contributed by atoms with Gasteiger partial charge in [-0.05, 0) is 32.0 Å². The molecular formula is C14H16N4. The average Bonchev–Trinajstić information content (AvgIpc) is 2.96. The van der Waals surface area contributed by atoms with E-state index >= 15 is 0 Å². The lowest BCUT2D eigenvalue weighted by Crippen LogP contribution is -2.00. The molecule has 2 heterocycles. The minimum atomic E-state index is 0.375. The summed E-state index contributed by atoms with van der Waals surface area (Å²) >= 11 is 0. The zero-order valence-electron chi connectivity index (χ0n) is 10.5. The first-order valence-electron chi connectivity index (χ1n) is 6.07. The smallest absolute Gasteiger partial charge is 0.0923 e. The van der Waals surface area contributed by atoms with E-state index in [9.17, 15) is 0 Å². The third-order valence-electron chi connectivity index (χ3n) is 3.15. The highest BCUT2D eigenvalue weighted by atomic mass is 15.3. The van der Waals surface area contributed by atoms with Gasteiger partial charge < -0.3 is 10.7 Å². The number of H-pyrrole nitrogens is 1. The second kappa shape index (κ2) is 3.91. The molecule has 0 radical (unpaired) electrons. The largest absolute Gasteiger partial charge is 0.397 e. The Bertz CT molecular complexity index is 691. The number of hydrogen-bond acceptors (Lipinski definition) is 2. The van der Waals surface area contributed by atoms with E-state index in [1.807, 2.05) is 29.2 Å². The van der Waals surface area contributed by atoms with Gasteiger partial charge in [0.05, 0.1) is 11.4 Å². The Hall–Kier alpha value is -2.23. The highest BCUT2D eigenvalue weighted by Crippen LogP contribution is 2.26. The van der Waals surface area contributed by atoms with Crippen LogP contribution in [-0.2, 0) is 0 Å². The molecule has 0 fully saturated rings. The van der Waals surface area contributed by atoms with Gasteiger partial charge >= 0.3 is 0 Å². The molecule has 3 aromatic rings. The summed E-state index contributed by atoms with van der Waals surface area (Å²) in [5, 5.41) is 5.61. The van der Waals surface area contributed by atoms with Gasteiger partial charge in [-0.1, -0.05) is 6.07 Å². The van der Waals surface area contributed by atoms with Crippen LogP contribution in [0, 0.1) is 0 Å². The summed E-state index contributed by atoms with van der Waals surface area (Å²) in [5.74, 6) is 0. The van der Waals surface area contributed by atoms with Crippen molar-refractivity contribution in [3.8, 4) is 11.3 Å². The molecule has 0 bridgehead atoms. The van der Waals surface area contributed by atoms with E-state index < -0.39 is 0 Å². The number of nitrogens with zero attached hydrogens (tertiary/aromatic N) is 2. The molecule has 0 saturated carbocycles. The van der Waals surface area contributed by atoms with Gasteiger partial charge in [0.2, 0.25) is 0 Å². The van der Waals surface area contributed by atoms with Gasteiger partial charge in [-0.3, -0.25) is 4.68 Å². The lowest BCUT2D eigenvalue weighted by molar-refractivity contribution is 0.534. The maximum absolute atomic E-state index is 5.92. The second-order valence-electron chi connectivity index (χ2n) is 4.78. The SMILES string of the molecule is CC(C)n1ccc(-c2ccc3[nH]cc(N)c3c2)n1. The van der Waals surface area contributed by atoms with Crippen molar-refractivity contribution in [2.45, 2.75) is 19.9 Å². The van der Waals surface area contributed by atoms with Crippen LogP contribution >= 0.6 is 0 Å². The van der Waals surface area contributed by atoms with Crippen molar-refractivity contribution in [1.82, 2.24) is 14.8 Å². The normalized spacial score (nSPS) is 11.5. The molecule has 2 aromatic heterocycles. The molecular weight excluding hydrogens is 224 g/mol. The number of hydrogen-bond donors (Lipinski definition) is 2. The zero-order chi connectivity index (χ0) is 12.7. The van der Waals surface area contributed by atoms with Gasteiger partial charge in [0, 0.05) is 34.9 Å². The highest BCUT2D eigenvalue weighted by Gasteiger charge is 2.07. The third-order valence-corrected chi connectivity index (χ3v) is 3.15. The van der Waals surface area contributed by atoms with E-state index in [0.717, 1.165) is 27.8 Å². The number of nitrogens with two attached hydrogens (primary N) is 1. The van der Waals surface area contributed by atoms with Crippen LogP contribution in [0.4, 0.5) is 5.69 Å². The molecule has 0 amide bonds. The topological polar surface area (TPSA) is 59.6 Å². The Morgan fingerprint density at radius 3 is 2.83 bits per heavy atom. The van der Waals surface area contributed by atoms with Crippen LogP contribution < -0.4 is 5.73 Å². The van der Waals surface area contributed by atoms with E-state index in [4.69, 9.17) is 5.73 Å². The van der Waals surface area contributed by atoms with Crippen molar-refractivity contribution in [2.75, 3.05) is 5.73 Å². The number of benzene rings is 1. The number of aromatic amines is 1. The Labute approximate surface area is 105 Å². The Morgan fingerprint density at radius 2 is 2.11 bits per heavy atom. The molecule has 18 heavy (non-hydrogen) atoms. The van der Waals surface area contributed by atoms with Gasteiger partial charge in [0.1, 0.15) is 0 Å². The fourth-order valence-electron chi connectivity index (χ4n) is 2.08. The van der Waals surface area contributed by atoms with E-state index in [1.54, 1.807) is 0 Å². The predicted molar refractivity (Wildman–Crippen MR) is 74.3 cm³/mol. The summed E-state index contributed by atoms with van der Waals surface area (Å²) in [5.41, 5.74) is 9.82. The molecule has 4 nitrogen and oxygen atoms in total. The summed E-state index contributed by atoms with van der Waals surface area (Å²) in [7, 11) is 0. The van der Waals surface area contributed by atoms with Crippen molar-refractivity contribution >= 4 is 16.6 Å². The maximum Gasteiger partial charge on any atom is 0.0923 e. The molecule has 0 aliphatic carbocycles. The first-order chi connectivity index (χ1) is 8.65. The first kappa shape index (κ1) is 10.9. The van der Waals surface area contributed by atoms with Crippen LogP contribution in [0.5, 0.6) is 0 Å². The molecule has 0 spiro atoms. The quantitative estimate of drug-likeness (QED) is 0.722. The molecule has 4 heteroatoms. The van der Waals surface area contributed by atoms with Crippen LogP contribution in [0.25, 0.3) is 22.2 Å². The number of nitrogens with one attached hydrogen (secondary N) is 1. The molecule has 3 N–H and O–H groups in total. The van der Waals surface area contributed by atoms with Gasteiger partial charge in [0.25, 0.3) is 0 Å². The first-order valence-corrected chi connectivity index (χ1v) is 6.07. The Morgan fingerprint density at radius 1 is 1.28 bits per heavy atom. The van der Waals surface area contributed by atoms with Crippen molar-refractivity contribution in [3.63, 3.8) is 0 Å². The number of aromatic nitrogens is 3. The minimum absolute atomic E-state index is 0.375. The van der Waals surface area contributed by atoms with Crippen molar-refractivity contribution in [2.24, 2.45) is 0 Å². The predicted octanol–water partition coefficient (Wildman–Crippen LogP) is 3.19. The molecule has 0 atom stereocenters. The summed E-state index contributed by atoms with van der Waals surface area (Å²) in [6.45, 7) is 4.23. The van der Waals surface area contributed by atoms with Crippen molar-refractivity contribution in [3.05, 3.63) is 36.7 Å². The standard InChI is InChI=1S/C14H16N4/c1-9(2)18-6-5-13(17-18)10-3-4-14-11(7-10)12(15)8-16-14/h3-9,16H,15H2,1-2H3. The molecule has 3 rings (SSSR count). The number of nitrogen functional groups attached to an aromatic ring is 1. The highest BCUT2D eigenvalue weighted by molar-refractivity contribution is 5.94. The second-order valence-corrected chi connectivity index (χ2v) is 4.78. The molecule has 0 aliphatic heterocycles. The fourth-order valence-corrected chi connectivity index (χ4v) is 2.08. The van der Waals surface area contributed by atoms with Crippen LogP contribution in [0.3, 0.4) is 0 Å². The number of anilines is 1. The van der Waals surface area contributed by atoms with Crippen LogP contribution in [0.15, 0.2) is 36.7 Å². The van der Waals surface area contributed by atoms with Crippen LogP contribution in [0.2, 0.25) is 0 Å². The average molecular weight is 240 g/mol. The lowest BCUT2D eigenvalue weighted by Gasteiger charge is -2.04. The van der Waals surface area contributed by atoms with E-state index in [2.05, 4.69) is 36.1 Å². The fraction of sp³-hybridized carbons (Fsp3) is 0.214. The third kappa shape index (κ3) is 1.66. The Balaban J connectivity index is 2.09. The van der Waals surface area contributed by atoms with E-state index in [-0.39, 0.29) is 0 Å². The lowest BCUT2D eigenvalue weighted by atomic mass is 10.1. The molecule has 1 aromatic carbocycles. The van der Waals surface area contributed by atoms with Crippen LogP contribution in [0.1, 0.15) is 19.9 Å². The van der Waals surface area contributed by atoms with Crippen molar-refractivity contribution in [1.29, 1.82) is 0 Å². The molecule has 0 saturated heterocycles. The monoisotopic (exact) mass is 240 g/mol. The van der Waals surface area contributed by atoms with Gasteiger partial charge in [-0.25, -0.2) is 0 Å². The van der Waals surface area contributed by atoms with E-state index in [1.165, 1.54) is 0 Å². The van der Waals surface area contributed by atoms with Crippen LogP contribution in [-0.4, -0.2) is 14.8 Å².